The van der Waals surface area contributed by atoms with E-state index in [9.17, 15) is 0 Å². The van der Waals surface area contributed by atoms with Crippen LogP contribution in [-0.4, -0.2) is 0 Å². The Morgan fingerprint density at radius 1 is 0.313 bits per heavy atom. The van der Waals surface area contributed by atoms with Gasteiger partial charge in [-0.2, -0.15) is 0 Å². The van der Waals surface area contributed by atoms with Gasteiger partial charge in [-0.15, -0.1) is 11.3 Å². The van der Waals surface area contributed by atoms with Gasteiger partial charge in [0, 0.05) is 26.7 Å². The molecule has 0 bridgehead atoms. The number of fused-ring (bicyclic) bond motifs is 7. The van der Waals surface area contributed by atoms with Crippen molar-refractivity contribution in [3.63, 3.8) is 0 Å². The van der Waals surface area contributed by atoms with Crippen molar-refractivity contribution in [2.24, 2.45) is 0 Å². The summed E-state index contributed by atoms with van der Waals surface area (Å²) in [7, 11) is 0. The van der Waals surface area contributed by atoms with Crippen molar-refractivity contribution in [3.05, 3.63) is 283 Å². The lowest BCUT2D eigenvalue weighted by Crippen LogP contribution is -2.28. The molecule has 1 nitrogen and oxygen atoms in total. The van der Waals surface area contributed by atoms with Gasteiger partial charge in [0.25, 0.3) is 0 Å². The lowest BCUT2D eigenvalue weighted by molar-refractivity contribution is 0.768. The summed E-state index contributed by atoms with van der Waals surface area (Å²) in [6, 6.07) is 96.2. The second-order valence-electron chi connectivity index (χ2n) is 17.5. The van der Waals surface area contributed by atoms with E-state index in [4.69, 9.17) is 0 Å². The zero-order chi connectivity index (χ0) is 44.3. The van der Waals surface area contributed by atoms with E-state index in [1.165, 1.54) is 103 Å². The van der Waals surface area contributed by atoms with Crippen molar-refractivity contribution in [3.8, 4) is 44.5 Å². The topological polar surface area (TPSA) is 3.24 Å². The maximum absolute atomic E-state index is 2.52. The first kappa shape index (κ1) is 39.1. The van der Waals surface area contributed by atoms with Crippen molar-refractivity contribution >= 4 is 59.3 Å². The molecular formula is C65H43NS. The van der Waals surface area contributed by atoms with E-state index in [0.29, 0.717) is 0 Å². The Hall–Kier alpha value is -8.30. The lowest BCUT2D eigenvalue weighted by Gasteiger charge is -2.34. The van der Waals surface area contributed by atoms with Gasteiger partial charge >= 0.3 is 0 Å². The molecule has 1 aliphatic rings. The smallest absolute Gasteiger partial charge is 0.0714 e. The summed E-state index contributed by atoms with van der Waals surface area (Å²) >= 11 is 1.88. The molecule has 0 aliphatic heterocycles. The van der Waals surface area contributed by atoms with Gasteiger partial charge < -0.3 is 4.90 Å². The molecule has 0 fully saturated rings. The first-order chi connectivity index (χ1) is 33.2. The monoisotopic (exact) mass is 869 g/mol. The molecular weight excluding hydrogens is 827 g/mol. The average Bonchev–Trinajstić information content (AvgIpc) is 3.94. The quantitative estimate of drug-likeness (QED) is 0.147. The number of benzene rings is 11. The van der Waals surface area contributed by atoms with E-state index in [0.717, 1.165) is 11.4 Å². The van der Waals surface area contributed by atoms with Gasteiger partial charge in [-0.1, -0.05) is 231 Å². The molecule has 0 unspecified atom stereocenters. The summed E-state index contributed by atoms with van der Waals surface area (Å²) in [5, 5.41) is 5.11. The summed E-state index contributed by atoms with van der Waals surface area (Å²) in [5.41, 5.74) is 17.8. The third-order valence-electron chi connectivity index (χ3n) is 14.0. The van der Waals surface area contributed by atoms with Gasteiger partial charge in [0.05, 0.1) is 21.5 Å². The molecule has 1 aliphatic carbocycles. The van der Waals surface area contributed by atoms with Crippen molar-refractivity contribution in [2.45, 2.75) is 5.41 Å². The van der Waals surface area contributed by atoms with Gasteiger partial charge in [-0.05, 0) is 102 Å². The van der Waals surface area contributed by atoms with Crippen LogP contribution in [0.15, 0.2) is 261 Å². The number of nitrogens with zero attached hydrogens (tertiary/aromatic N) is 1. The van der Waals surface area contributed by atoms with Crippen LogP contribution in [0.25, 0.3) is 75.5 Å². The largest absolute Gasteiger partial charge is 0.308 e. The van der Waals surface area contributed by atoms with Gasteiger partial charge in [0.15, 0.2) is 0 Å². The van der Waals surface area contributed by atoms with E-state index < -0.39 is 5.41 Å². The standard InChI is InChI=1S/C65H43NS/c1-3-18-50(19-4-1)65(51-20-5-2-6-21-51)58-27-11-9-24-57(58)63-59(65)28-15-29-60(63)66(61-30-14-26-56-55-23-10-12-31-62(55)67-64(56)61)52-42-40-47(41-43-52)45-34-32-44(33-35-45)46-36-38-49(39-37-46)54-25-13-17-48-16-7-8-22-53(48)54/h1-43H. The van der Waals surface area contributed by atoms with Crippen LogP contribution in [0.3, 0.4) is 0 Å². The van der Waals surface area contributed by atoms with E-state index in [-0.39, 0.29) is 0 Å². The van der Waals surface area contributed by atoms with E-state index in [1.54, 1.807) is 0 Å². The number of hydrogen-bond acceptors (Lipinski definition) is 2. The van der Waals surface area contributed by atoms with Crippen molar-refractivity contribution in [1.82, 2.24) is 0 Å². The molecule has 0 atom stereocenters. The van der Waals surface area contributed by atoms with Gasteiger partial charge in [0.2, 0.25) is 0 Å². The minimum Gasteiger partial charge on any atom is -0.308 e. The molecule has 0 saturated heterocycles. The SMILES string of the molecule is c1ccc(C2(c3ccccc3)c3ccccc3-c3c(N(c4ccc(-c5ccc(-c6ccc(-c7cccc8ccccc78)cc6)cc5)cc4)c4cccc5c4sc4ccccc45)cccc32)cc1. The fourth-order valence-electron chi connectivity index (χ4n) is 11.0. The Morgan fingerprint density at radius 2 is 0.791 bits per heavy atom. The summed E-state index contributed by atoms with van der Waals surface area (Å²) in [4.78, 5) is 2.52. The van der Waals surface area contributed by atoms with Crippen LogP contribution in [0.1, 0.15) is 22.3 Å². The first-order valence-electron chi connectivity index (χ1n) is 23.1. The first-order valence-corrected chi connectivity index (χ1v) is 23.9. The number of rotatable bonds is 8. The normalized spacial score (nSPS) is 12.6. The highest BCUT2D eigenvalue weighted by atomic mass is 32.1. The predicted octanol–water partition coefficient (Wildman–Crippen LogP) is 18.0. The third kappa shape index (κ3) is 6.29. The Morgan fingerprint density at radius 3 is 1.49 bits per heavy atom. The predicted molar refractivity (Wildman–Crippen MR) is 285 cm³/mol. The molecule has 13 rings (SSSR count). The van der Waals surface area contributed by atoms with Crippen LogP contribution in [0.5, 0.6) is 0 Å². The minimum atomic E-state index is -0.505. The second-order valence-corrected chi connectivity index (χ2v) is 18.6. The molecule has 2 heteroatoms. The number of hydrogen-bond donors (Lipinski definition) is 0. The minimum absolute atomic E-state index is 0.505. The summed E-state index contributed by atoms with van der Waals surface area (Å²) in [6.45, 7) is 0. The lowest BCUT2D eigenvalue weighted by atomic mass is 9.68. The molecule has 0 spiro atoms. The molecule has 314 valence electrons. The molecule has 0 saturated carbocycles. The Labute approximate surface area is 395 Å². The third-order valence-corrected chi connectivity index (χ3v) is 15.2. The Balaban J connectivity index is 0.931. The molecule has 11 aromatic carbocycles. The number of anilines is 3. The van der Waals surface area contributed by atoms with Crippen LogP contribution in [0, 0.1) is 0 Å². The van der Waals surface area contributed by atoms with E-state index in [1.807, 2.05) is 11.3 Å². The van der Waals surface area contributed by atoms with Crippen LogP contribution < -0.4 is 4.90 Å². The Kier molecular flexibility index (Phi) is 9.33. The fraction of sp³-hybridized carbons (Fsp3) is 0.0154. The fourth-order valence-corrected chi connectivity index (χ4v) is 12.2. The van der Waals surface area contributed by atoms with Crippen molar-refractivity contribution < 1.29 is 0 Å². The summed E-state index contributed by atoms with van der Waals surface area (Å²) in [5.74, 6) is 0. The molecule has 67 heavy (non-hydrogen) atoms. The van der Waals surface area contributed by atoms with Gasteiger partial charge in [-0.3, -0.25) is 0 Å². The summed E-state index contributed by atoms with van der Waals surface area (Å²) in [6.07, 6.45) is 0. The van der Waals surface area contributed by atoms with Crippen LogP contribution >= 0.6 is 11.3 Å². The molecule has 0 radical (unpaired) electrons. The highest BCUT2D eigenvalue weighted by Gasteiger charge is 2.47. The van der Waals surface area contributed by atoms with Crippen LogP contribution in [-0.2, 0) is 5.41 Å². The molecule has 0 amide bonds. The highest BCUT2D eigenvalue weighted by molar-refractivity contribution is 7.26. The van der Waals surface area contributed by atoms with Crippen molar-refractivity contribution in [2.75, 3.05) is 4.90 Å². The average molecular weight is 870 g/mol. The Bertz CT molecular complexity index is 3730. The van der Waals surface area contributed by atoms with E-state index >= 15 is 0 Å². The van der Waals surface area contributed by atoms with Crippen LogP contribution in [0.4, 0.5) is 17.1 Å². The van der Waals surface area contributed by atoms with Gasteiger partial charge in [0.1, 0.15) is 0 Å². The van der Waals surface area contributed by atoms with Crippen molar-refractivity contribution in [1.29, 1.82) is 0 Å². The van der Waals surface area contributed by atoms with E-state index in [2.05, 4.69) is 266 Å². The zero-order valence-electron chi connectivity index (χ0n) is 36.7. The molecule has 1 heterocycles. The molecule has 1 aromatic heterocycles. The highest BCUT2D eigenvalue weighted by Crippen LogP contribution is 2.60. The summed E-state index contributed by atoms with van der Waals surface area (Å²) < 4.78 is 2.56. The molecule has 0 N–H and O–H groups in total. The van der Waals surface area contributed by atoms with Crippen LogP contribution in [0.2, 0.25) is 0 Å². The molecule has 12 aromatic rings. The number of thiophene rings is 1. The maximum Gasteiger partial charge on any atom is 0.0714 e. The van der Waals surface area contributed by atoms with Gasteiger partial charge in [-0.25, -0.2) is 0 Å². The maximum atomic E-state index is 2.52. The second kappa shape index (κ2) is 16.0. The zero-order valence-corrected chi connectivity index (χ0v) is 37.5.